The van der Waals surface area contributed by atoms with Gasteiger partial charge in [-0.3, -0.25) is 9.78 Å². The molecule has 0 aliphatic rings. The van der Waals surface area contributed by atoms with E-state index < -0.39 is 5.92 Å². The van der Waals surface area contributed by atoms with Crippen LogP contribution < -0.4 is 15.4 Å². The number of aromatic amines is 1. The Kier molecular flexibility index (Phi) is 5.67. The molecule has 2 aromatic carbocycles. The van der Waals surface area contributed by atoms with Crippen LogP contribution in [0.25, 0.3) is 11.0 Å². The number of halogens is 3. The van der Waals surface area contributed by atoms with Gasteiger partial charge in [-0.05, 0) is 36.4 Å². The van der Waals surface area contributed by atoms with Gasteiger partial charge in [0.05, 0.1) is 11.0 Å². The van der Waals surface area contributed by atoms with Gasteiger partial charge in [-0.2, -0.15) is 0 Å². The fourth-order valence-corrected chi connectivity index (χ4v) is 3.33. The molecule has 4 aromatic rings. The summed E-state index contributed by atoms with van der Waals surface area (Å²) in [7, 11) is 1.52. The van der Waals surface area contributed by atoms with E-state index in [1.54, 1.807) is 30.3 Å². The number of anilines is 2. The molecular formula is C22H18ClF2N5O2. The summed E-state index contributed by atoms with van der Waals surface area (Å²) in [5.74, 6) is -2.05. The average molecular weight is 458 g/mol. The van der Waals surface area contributed by atoms with Gasteiger partial charge in [0.15, 0.2) is 0 Å². The Morgan fingerprint density at radius 3 is 2.66 bits per heavy atom. The van der Waals surface area contributed by atoms with Crippen molar-refractivity contribution in [3.05, 3.63) is 71.0 Å². The van der Waals surface area contributed by atoms with Crippen molar-refractivity contribution in [2.24, 2.45) is 0 Å². The molecule has 3 N–H and O–H groups in total. The van der Waals surface area contributed by atoms with Gasteiger partial charge < -0.3 is 20.4 Å². The molecule has 0 spiro atoms. The van der Waals surface area contributed by atoms with E-state index in [9.17, 15) is 13.6 Å². The number of benzene rings is 2. The molecule has 7 nitrogen and oxygen atoms in total. The molecule has 0 atom stereocenters. The van der Waals surface area contributed by atoms with Crippen LogP contribution in [0.4, 0.5) is 20.4 Å². The number of fused-ring (bicyclic) bond motifs is 1. The smallest absolute Gasteiger partial charge is 0.272 e. The van der Waals surface area contributed by atoms with Gasteiger partial charge in [0.2, 0.25) is 5.95 Å². The number of pyridine rings is 1. The zero-order valence-electron chi connectivity index (χ0n) is 17.0. The molecule has 4 rings (SSSR count). The van der Waals surface area contributed by atoms with Crippen LogP contribution in [-0.2, 0) is 5.92 Å². The van der Waals surface area contributed by atoms with Crippen LogP contribution >= 0.6 is 11.6 Å². The van der Waals surface area contributed by atoms with Gasteiger partial charge in [-0.15, -0.1) is 0 Å². The first kappa shape index (κ1) is 21.5. The van der Waals surface area contributed by atoms with Crippen LogP contribution in [-0.4, -0.2) is 27.9 Å². The average Bonchev–Trinajstić information content (AvgIpc) is 3.15. The molecule has 0 bridgehead atoms. The number of alkyl halides is 2. The molecule has 0 fully saturated rings. The first-order chi connectivity index (χ1) is 15.2. The molecule has 0 saturated carbocycles. The lowest BCUT2D eigenvalue weighted by atomic mass is 10.1. The fraction of sp³-hybridized carbons (Fsp3) is 0.136. The summed E-state index contributed by atoms with van der Waals surface area (Å²) in [4.78, 5) is 23.2. The second kappa shape index (κ2) is 8.43. The molecule has 0 radical (unpaired) electrons. The minimum atomic E-state index is -3.07. The molecule has 10 heteroatoms. The highest BCUT2D eigenvalue weighted by Crippen LogP contribution is 2.35. The third-order valence-corrected chi connectivity index (χ3v) is 4.91. The predicted molar refractivity (Wildman–Crippen MR) is 118 cm³/mol. The Labute approximate surface area is 186 Å². The van der Waals surface area contributed by atoms with Crippen molar-refractivity contribution in [3.8, 4) is 11.5 Å². The van der Waals surface area contributed by atoms with Crippen molar-refractivity contribution in [1.29, 1.82) is 0 Å². The van der Waals surface area contributed by atoms with E-state index in [1.165, 1.54) is 31.4 Å². The quantitative estimate of drug-likeness (QED) is 0.349. The zero-order chi connectivity index (χ0) is 22.9. The molecule has 0 aliphatic heterocycles. The number of H-pyrrole nitrogens is 1. The molecule has 0 saturated heterocycles. The minimum Gasteiger partial charge on any atom is -0.457 e. The SMILES string of the molecule is CNC(=O)c1cc(Oc2ccc3nc(Nc4ccc(Cl)c(C(C)(F)F)c4)[nH]c3c2)ccn1. The fourth-order valence-electron chi connectivity index (χ4n) is 3.05. The number of nitrogens with one attached hydrogen (secondary N) is 3. The van der Waals surface area contributed by atoms with Crippen LogP contribution in [0.2, 0.25) is 5.02 Å². The molecule has 164 valence electrons. The number of ether oxygens (including phenoxy) is 1. The topological polar surface area (TPSA) is 91.9 Å². The first-order valence-electron chi connectivity index (χ1n) is 9.53. The van der Waals surface area contributed by atoms with Crippen LogP contribution in [0.15, 0.2) is 54.7 Å². The van der Waals surface area contributed by atoms with E-state index in [0.717, 1.165) is 6.92 Å². The van der Waals surface area contributed by atoms with Gasteiger partial charge in [0, 0.05) is 48.6 Å². The summed E-state index contributed by atoms with van der Waals surface area (Å²) in [6.45, 7) is 0.793. The molecule has 32 heavy (non-hydrogen) atoms. The molecule has 2 heterocycles. The number of imidazole rings is 1. The summed E-state index contributed by atoms with van der Waals surface area (Å²) in [6.07, 6.45) is 1.48. The summed E-state index contributed by atoms with van der Waals surface area (Å²) >= 11 is 5.90. The number of hydrogen-bond acceptors (Lipinski definition) is 5. The standard InChI is InChI=1S/C22H18ClF2N5O2/c1-22(24,25)15-9-12(3-5-16(15)23)28-21-29-17-6-4-13(10-18(17)30-21)32-14-7-8-27-19(11-14)20(31)26-2/h3-11H,1-2H3,(H,26,31)(H2,28,29,30). The Morgan fingerprint density at radius 1 is 1.12 bits per heavy atom. The number of carbonyl (C=O) groups is 1. The Bertz CT molecular complexity index is 1300. The predicted octanol–water partition coefficient (Wildman–Crippen LogP) is 5.62. The van der Waals surface area contributed by atoms with E-state index >= 15 is 0 Å². The van der Waals surface area contributed by atoms with E-state index in [-0.39, 0.29) is 22.2 Å². The number of amides is 1. The van der Waals surface area contributed by atoms with Gasteiger partial charge in [-0.25, -0.2) is 13.8 Å². The van der Waals surface area contributed by atoms with E-state index in [1.807, 2.05) is 0 Å². The summed E-state index contributed by atoms with van der Waals surface area (Å²) in [5.41, 5.74) is 1.69. The largest absolute Gasteiger partial charge is 0.457 e. The maximum Gasteiger partial charge on any atom is 0.272 e. The molecule has 1 amide bonds. The Morgan fingerprint density at radius 2 is 1.91 bits per heavy atom. The highest BCUT2D eigenvalue weighted by atomic mass is 35.5. The molecular weight excluding hydrogens is 440 g/mol. The van der Waals surface area contributed by atoms with Crippen molar-refractivity contribution < 1.29 is 18.3 Å². The lowest BCUT2D eigenvalue weighted by Crippen LogP contribution is -2.18. The minimum absolute atomic E-state index is 0.00914. The highest BCUT2D eigenvalue weighted by Gasteiger charge is 2.27. The summed E-state index contributed by atoms with van der Waals surface area (Å²) < 4.78 is 33.3. The Hall–Kier alpha value is -3.72. The van der Waals surface area contributed by atoms with Crippen molar-refractivity contribution in [1.82, 2.24) is 20.3 Å². The van der Waals surface area contributed by atoms with E-state index in [0.29, 0.717) is 34.2 Å². The van der Waals surface area contributed by atoms with Crippen molar-refractivity contribution >= 4 is 40.2 Å². The maximum atomic E-state index is 13.7. The molecule has 0 aliphatic carbocycles. The van der Waals surface area contributed by atoms with Crippen molar-refractivity contribution in [2.75, 3.05) is 12.4 Å². The third-order valence-electron chi connectivity index (χ3n) is 4.58. The van der Waals surface area contributed by atoms with Gasteiger partial charge in [0.25, 0.3) is 11.8 Å². The van der Waals surface area contributed by atoms with Crippen LogP contribution in [0, 0.1) is 0 Å². The van der Waals surface area contributed by atoms with E-state index in [4.69, 9.17) is 16.3 Å². The molecule has 0 unspecified atom stereocenters. The lowest BCUT2D eigenvalue weighted by molar-refractivity contribution is 0.0176. The monoisotopic (exact) mass is 457 g/mol. The number of hydrogen-bond donors (Lipinski definition) is 3. The van der Waals surface area contributed by atoms with Gasteiger partial charge in [-0.1, -0.05) is 11.6 Å². The summed E-state index contributed by atoms with van der Waals surface area (Å²) in [6, 6.07) is 12.7. The normalized spacial score (nSPS) is 11.4. The lowest BCUT2D eigenvalue weighted by Gasteiger charge is -2.14. The van der Waals surface area contributed by atoms with Crippen molar-refractivity contribution in [2.45, 2.75) is 12.8 Å². The summed E-state index contributed by atoms with van der Waals surface area (Å²) in [5, 5.41) is 5.48. The third kappa shape index (κ3) is 4.62. The van der Waals surface area contributed by atoms with Crippen molar-refractivity contribution in [3.63, 3.8) is 0 Å². The number of nitrogens with zero attached hydrogens (tertiary/aromatic N) is 2. The van der Waals surface area contributed by atoms with Crippen LogP contribution in [0.5, 0.6) is 11.5 Å². The second-order valence-corrected chi connectivity index (χ2v) is 7.44. The number of carbonyl (C=O) groups excluding carboxylic acids is 1. The molecule has 2 aromatic heterocycles. The first-order valence-corrected chi connectivity index (χ1v) is 9.91. The number of rotatable bonds is 6. The van der Waals surface area contributed by atoms with Gasteiger partial charge in [0.1, 0.15) is 17.2 Å². The van der Waals surface area contributed by atoms with E-state index in [2.05, 4.69) is 25.6 Å². The van der Waals surface area contributed by atoms with Gasteiger partial charge >= 0.3 is 0 Å². The van der Waals surface area contributed by atoms with Crippen LogP contribution in [0.3, 0.4) is 0 Å². The Balaban J connectivity index is 1.56. The number of aromatic nitrogens is 3. The van der Waals surface area contributed by atoms with Crippen LogP contribution in [0.1, 0.15) is 23.0 Å². The maximum absolute atomic E-state index is 13.7. The second-order valence-electron chi connectivity index (χ2n) is 7.03. The zero-order valence-corrected chi connectivity index (χ0v) is 17.8. The highest BCUT2D eigenvalue weighted by molar-refractivity contribution is 6.31.